The molecule has 2 aromatic carbocycles. The molecule has 0 atom stereocenters. The molecule has 1 aromatic heterocycles. The van der Waals surface area contributed by atoms with Gasteiger partial charge in [-0.1, -0.05) is 24.3 Å². The fourth-order valence-electron chi connectivity index (χ4n) is 2.87. The van der Waals surface area contributed by atoms with Gasteiger partial charge in [-0.3, -0.25) is 9.78 Å². The molecule has 0 bridgehead atoms. The van der Waals surface area contributed by atoms with Crippen molar-refractivity contribution in [3.8, 4) is 11.5 Å². The number of nitrogens with zero attached hydrogens (tertiary/aromatic N) is 1. The number of aromatic nitrogens is 1. The Kier molecular flexibility index (Phi) is 7.05. The Morgan fingerprint density at radius 2 is 1.72 bits per heavy atom. The topological polar surface area (TPSA) is 72.5 Å². The number of pyridine rings is 1. The van der Waals surface area contributed by atoms with Crippen LogP contribution in [0.15, 0.2) is 67.0 Å². The number of methoxy groups -OCH3 is 2. The monoisotopic (exact) mass is 391 g/mol. The number of rotatable bonds is 9. The van der Waals surface area contributed by atoms with Crippen LogP contribution in [0.4, 0.5) is 5.69 Å². The van der Waals surface area contributed by atoms with E-state index >= 15 is 0 Å². The smallest absolute Gasteiger partial charge is 0.253 e. The van der Waals surface area contributed by atoms with Crippen LogP contribution in [0, 0.1) is 0 Å². The minimum absolute atomic E-state index is 0.162. The van der Waals surface area contributed by atoms with E-state index in [1.54, 1.807) is 26.6 Å². The highest BCUT2D eigenvalue weighted by atomic mass is 16.5. The first-order valence-corrected chi connectivity index (χ1v) is 9.41. The molecule has 0 saturated heterocycles. The Hall–Kier alpha value is -3.54. The molecule has 3 aromatic rings. The van der Waals surface area contributed by atoms with E-state index in [0.717, 1.165) is 35.7 Å². The summed E-state index contributed by atoms with van der Waals surface area (Å²) in [6, 6.07) is 17.4. The molecule has 0 saturated carbocycles. The summed E-state index contributed by atoms with van der Waals surface area (Å²) < 4.78 is 10.4. The summed E-state index contributed by atoms with van der Waals surface area (Å²) in [6.07, 6.45) is 4.12. The zero-order valence-corrected chi connectivity index (χ0v) is 16.6. The van der Waals surface area contributed by atoms with E-state index in [2.05, 4.69) is 21.7 Å². The van der Waals surface area contributed by atoms with Crippen LogP contribution in [0.25, 0.3) is 0 Å². The highest BCUT2D eigenvalue weighted by Gasteiger charge is 2.07. The average molecular weight is 391 g/mol. The fourth-order valence-corrected chi connectivity index (χ4v) is 2.87. The highest BCUT2D eigenvalue weighted by molar-refractivity contribution is 5.94. The molecule has 0 aliphatic rings. The third kappa shape index (κ3) is 5.97. The summed E-state index contributed by atoms with van der Waals surface area (Å²) in [4.78, 5) is 16.6. The maximum absolute atomic E-state index is 12.4. The number of anilines is 1. The van der Waals surface area contributed by atoms with Crippen LogP contribution in [0.2, 0.25) is 0 Å². The van der Waals surface area contributed by atoms with Crippen molar-refractivity contribution in [3.63, 3.8) is 0 Å². The molecule has 1 heterocycles. The number of hydrogen-bond acceptors (Lipinski definition) is 5. The second kappa shape index (κ2) is 10.1. The first-order valence-electron chi connectivity index (χ1n) is 9.41. The van der Waals surface area contributed by atoms with Gasteiger partial charge in [0.1, 0.15) is 11.5 Å². The van der Waals surface area contributed by atoms with Crippen LogP contribution in [0.5, 0.6) is 11.5 Å². The Morgan fingerprint density at radius 3 is 2.48 bits per heavy atom. The van der Waals surface area contributed by atoms with E-state index in [0.29, 0.717) is 12.1 Å². The van der Waals surface area contributed by atoms with Crippen molar-refractivity contribution in [2.75, 3.05) is 26.1 Å². The molecule has 3 rings (SSSR count). The van der Waals surface area contributed by atoms with Crippen LogP contribution in [-0.2, 0) is 13.0 Å². The van der Waals surface area contributed by atoms with E-state index in [9.17, 15) is 4.79 Å². The van der Waals surface area contributed by atoms with Gasteiger partial charge in [0, 0.05) is 25.5 Å². The number of benzene rings is 2. The molecule has 1 amide bonds. The lowest BCUT2D eigenvalue weighted by atomic mass is 10.1. The Bertz CT molecular complexity index is 942. The summed E-state index contributed by atoms with van der Waals surface area (Å²) in [6.45, 7) is 1.17. The fraction of sp³-hybridized carbons (Fsp3) is 0.217. The molecule has 0 radical (unpaired) electrons. The number of carbonyl (C=O) groups is 1. The van der Waals surface area contributed by atoms with E-state index in [-0.39, 0.29) is 5.91 Å². The number of ether oxygens (including phenoxy) is 2. The summed E-state index contributed by atoms with van der Waals surface area (Å²) in [5.74, 6) is 1.47. The highest BCUT2D eigenvalue weighted by Crippen LogP contribution is 2.14. The number of nitrogens with one attached hydrogen (secondary N) is 2. The van der Waals surface area contributed by atoms with Gasteiger partial charge in [-0.15, -0.1) is 0 Å². The van der Waals surface area contributed by atoms with Crippen LogP contribution in [-0.4, -0.2) is 31.7 Å². The average Bonchev–Trinajstić information content (AvgIpc) is 2.78. The summed E-state index contributed by atoms with van der Waals surface area (Å²) in [5.41, 5.74) is 3.51. The molecule has 0 aliphatic carbocycles. The van der Waals surface area contributed by atoms with Crippen LogP contribution in [0.3, 0.4) is 0 Å². The van der Waals surface area contributed by atoms with Gasteiger partial charge in [0.15, 0.2) is 0 Å². The summed E-state index contributed by atoms with van der Waals surface area (Å²) in [7, 11) is 3.29. The first kappa shape index (κ1) is 20.2. The van der Waals surface area contributed by atoms with Crippen molar-refractivity contribution >= 4 is 11.6 Å². The largest absolute Gasteiger partial charge is 0.497 e. The van der Waals surface area contributed by atoms with Gasteiger partial charge in [-0.2, -0.15) is 0 Å². The van der Waals surface area contributed by atoms with Gasteiger partial charge in [0.05, 0.1) is 25.5 Å². The zero-order chi connectivity index (χ0) is 20.5. The molecular weight excluding hydrogens is 366 g/mol. The Morgan fingerprint density at radius 1 is 0.931 bits per heavy atom. The second-order valence-electron chi connectivity index (χ2n) is 6.52. The molecule has 0 unspecified atom stereocenters. The molecule has 29 heavy (non-hydrogen) atoms. The van der Waals surface area contributed by atoms with E-state index in [4.69, 9.17) is 9.47 Å². The number of hydrogen-bond donors (Lipinski definition) is 2. The van der Waals surface area contributed by atoms with Crippen molar-refractivity contribution in [3.05, 3.63) is 83.7 Å². The number of carbonyl (C=O) groups excluding carboxylic acids is 1. The molecule has 150 valence electrons. The Balaban J connectivity index is 1.51. The van der Waals surface area contributed by atoms with Gasteiger partial charge in [0.2, 0.25) is 0 Å². The SMILES string of the molecule is COc1ccc(CNC(=O)c2cncc(NCCc3cccc(OC)c3)c2)cc1. The molecule has 0 aliphatic heterocycles. The third-order valence-corrected chi connectivity index (χ3v) is 4.49. The standard InChI is InChI=1S/C23H25N3O3/c1-28-21-8-6-18(7-9-21)14-26-23(27)19-13-20(16-24-15-19)25-11-10-17-4-3-5-22(12-17)29-2/h3-9,12-13,15-16,25H,10-11,14H2,1-2H3,(H,26,27). The summed E-state index contributed by atoms with van der Waals surface area (Å²) >= 11 is 0. The zero-order valence-electron chi connectivity index (χ0n) is 16.6. The minimum atomic E-state index is -0.162. The molecule has 2 N–H and O–H groups in total. The van der Waals surface area contributed by atoms with Gasteiger partial charge >= 0.3 is 0 Å². The van der Waals surface area contributed by atoms with Crippen molar-refractivity contribution in [2.24, 2.45) is 0 Å². The summed E-state index contributed by atoms with van der Waals surface area (Å²) in [5, 5.41) is 6.23. The molecule has 0 spiro atoms. The first-order chi connectivity index (χ1) is 14.2. The van der Waals surface area contributed by atoms with Crippen molar-refractivity contribution in [1.82, 2.24) is 10.3 Å². The predicted molar refractivity (Wildman–Crippen MR) is 114 cm³/mol. The van der Waals surface area contributed by atoms with Gasteiger partial charge in [-0.05, 0) is 47.9 Å². The van der Waals surface area contributed by atoms with Crippen molar-refractivity contribution in [2.45, 2.75) is 13.0 Å². The van der Waals surface area contributed by atoms with Crippen molar-refractivity contribution < 1.29 is 14.3 Å². The lowest BCUT2D eigenvalue weighted by Crippen LogP contribution is -2.23. The molecular formula is C23H25N3O3. The second-order valence-corrected chi connectivity index (χ2v) is 6.52. The van der Waals surface area contributed by atoms with E-state index in [1.807, 2.05) is 48.5 Å². The van der Waals surface area contributed by atoms with E-state index in [1.165, 1.54) is 5.56 Å². The van der Waals surface area contributed by atoms with Gasteiger partial charge in [-0.25, -0.2) is 0 Å². The molecule has 6 heteroatoms. The normalized spacial score (nSPS) is 10.3. The lowest BCUT2D eigenvalue weighted by molar-refractivity contribution is 0.0950. The van der Waals surface area contributed by atoms with Crippen molar-refractivity contribution in [1.29, 1.82) is 0 Å². The van der Waals surface area contributed by atoms with Gasteiger partial charge in [0.25, 0.3) is 5.91 Å². The number of amides is 1. The third-order valence-electron chi connectivity index (χ3n) is 4.49. The molecule has 0 fully saturated rings. The quantitative estimate of drug-likeness (QED) is 0.582. The maximum Gasteiger partial charge on any atom is 0.253 e. The van der Waals surface area contributed by atoms with E-state index < -0.39 is 0 Å². The van der Waals surface area contributed by atoms with Crippen LogP contribution in [0.1, 0.15) is 21.5 Å². The maximum atomic E-state index is 12.4. The lowest BCUT2D eigenvalue weighted by Gasteiger charge is -2.10. The Labute approximate surface area is 170 Å². The minimum Gasteiger partial charge on any atom is -0.497 e. The molecule has 6 nitrogen and oxygen atoms in total. The van der Waals surface area contributed by atoms with Crippen LogP contribution >= 0.6 is 0 Å². The van der Waals surface area contributed by atoms with Crippen LogP contribution < -0.4 is 20.1 Å². The van der Waals surface area contributed by atoms with Gasteiger partial charge < -0.3 is 20.1 Å². The predicted octanol–water partition coefficient (Wildman–Crippen LogP) is 3.68.